The number of nitrogen functional groups attached to an aromatic ring is 1. The van der Waals surface area contributed by atoms with Crippen LogP contribution in [0.3, 0.4) is 0 Å². The molecule has 0 bridgehead atoms. The van der Waals surface area contributed by atoms with Crippen LogP contribution >= 0.6 is 0 Å². The van der Waals surface area contributed by atoms with Gasteiger partial charge < -0.3 is 11.1 Å². The first kappa shape index (κ1) is 19.1. The van der Waals surface area contributed by atoms with E-state index in [1.807, 2.05) is 0 Å². The molecule has 0 aliphatic rings. The summed E-state index contributed by atoms with van der Waals surface area (Å²) in [6.07, 6.45) is -2.65. The van der Waals surface area contributed by atoms with Crippen LogP contribution in [0.1, 0.15) is 11.1 Å². The van der Waals surface area contributed by atoms with Crippen LogP contribution in [-0.2, 0) is 6.18 Å². The maximum Gasteiger partial charge on any atom is 0.421 e. The summed E-state index contributed by atoms with van der Waals surface area (Å²) in [4.78, 5) is 7.47. The van der Waals surface area contributed by atoms with Crippen molar-refractivity contribution in [1.29, 1.82) is 0 Å². The lowest BCUT2D eigenvalue weighted by atomic mass is 10.2. The van der Waals surface area contributed by atoms with Crippen LogP contribution in [0.15, 0.2) is 59.8 Å². The summed E-state index contributed by atoms with van der Waals surface area (Å²) in [5.41, 5.74) is 8.36. The van der Waals surface area contributed by atoms with Crippen molar-refractivity contribution in [2.45, 2.75) is 6.18 Å². The van der Waals surface area contributed by atoms with Crippen molar-refractivity contribution in [3.8, 4) is 0 Å². The molecule has 1 aromatic heterocycles. The van der Waals surface area contributed by atoms with E-state index in [0.29, 0.717) is 23.1 Å². The predicted molar refractivity (Wildman–Crippen MR) is 98.8 cm³/mol. The first-order valence-electron chi connectivity index (χ1n) is 7.93. The van der Waals surface area contributed by atoms with Gasteiger partial charge in [-0.25, -0.2) is 14.8 Å². The molecule has 1 heterocycles. The Labute approximate surface area is 157 Å². The highest BCUT2D eigenvalue weighted by atomic mass is 19.4. The molecule has 3 aromatic rings. The average molecular weight is 390 g/mol. The molecule has 144 valence electrons. The van der Waals surface area contributed by atoms with Crippen molar-refractivity contribution in [3.63, 3.8) is 0 Å². The van der Waals surface area contributed by atoms with Crippen LogP contribution in [0.25, 0.3) is 0 Å². The summed E-state index contributed by atoms with van der Waals surface area (Å²) in [7, 11) is 0. The van der Waals surface area contributed by atoms with Gasteiger partial charge in [-0.15, -0.1) is 0 Å². The first-order chi connectivity index (χ1) is 13.3. The molecule has 0 atom stereocenters. The van der Waals surface area contributed by atoms with Crippen LogP contribution in [0.5, 0.6) is 0 Å². The number of aromatic nitrogens is 2. The lowest BCUT2D eigenvalue weighted by molar-refractivity contribution is -0.137. The standard InChI is InChI=1S/C18H14F4N6/c19-12-6-4-11(5-7-12)9-25-28-17-24-10-15(18(20,21)22)16(27-17)26-14-3-1-2-13(23)8-14/h1-10H,23H2,(H2,24,26,27,28)/b25-9+. The van der Waals surface area contributed by atoms with E-state index in [-0.39, 0.29) is 5.95 Å². The molecule has 3 rings (SSSR count). The normalized spacial score (nSPS) is 11.6. The van der Waals surface area contributed by atoms with Crippen molar-refractivity contribution < 1.29 is 17.6 Å². The fourth-order valence-corrected chi connectivity index (χ4v) is 2.20. The van der Waals surface area contributed by atoms with Gasteiger partial charge >= 0.3 is 6.18 Å². The summed E-state index contributed by atoms with van der Waals surface area (Å²) >= 11 is 0. The van der Waals surface area contributed by atoms with E-state index in [1.165, 1.54) is 36.5 Å². The van der Waals surface area contributed by atoms with Gasteiger partial charge in [-0.05, 0) is 35.9 Å². The quantitative estimate of drug-likeness (QED) is 0.260. The monoisotopic (exact) mass is 390 g/mol. The van der Waals surface area contributed by atoms with E-state index < -0.39 is 23.4 Å². The van der Waals surface area contributed by atoms with Gasteiger partial charge in [-0.2, -0.15) is 23.3 Å². The Bertz CT molecular complexity index is 986. The first-order valence-corrected chi connectivity index (χ1v) is 7.93. The minimum Gasteiger partial charge on any atom is -0.399 e. The van der Waals surface area contributed by atoms with E-state index in [1.54, 1.807) is 18.2 Å². The molecule has 0 saturated carbocycles. The van der Waals surface area contributed by atoms with E-state index in [9.17, 15) is 17.6 Å². The third kappa shape index (κ3) is 4.93. The zero-order chi connectivity index (χ0) is 20.1. The lowest BCUT2D eigenvalue weighted by Crippen LogP contribution is -2.12. The Kier molecular flexibility index (Phi) is 5.39. The smallest absolute Gasteiger partial charge is 0.399 e. The third-order valence-corrected chi connectivity index (χ3v) is 3.49. The number of hydrazone groups is 1. The number of alkyl halides is 3. The van der Waals surface area contributed by atoms with Gasteiger partial charge in [0.05, 0.1) is 6.21 Å². The Morgan fingerprint density at radius 3 is 2.50 bits per heavy atom. The molecule has 10 heteroatoms. The number of nitrogens with zero attached hydrogens (tertiary/aromatic N) is 3. The average Bonchev–Trinajstić information content (AvgIpc) is 2.63. The minimum atomic E-state index is -4.65. The summed E-state index contributed by atoms with van der Waals surface area (Å²) < 4.78 is 52.6. The number of halogens is 4. The molecule has 28 heavy (non-hydrogen) atoms. The molecular weight excluding hydrogens is 376 g/mol. The van der Waals surface area contributed by atoms with E-state index in [0.717, 1.165) is 0 Å². The SMILES string of the molecule is Nc1cccc(Nc2nc(N/N=C/c3ccc(F)cc3)ncc2C(F)(F)F)c1. The Balaban J connectivity index is 1.83. The molecule has 0 aliphatic heterocycles. The number of hydrogen-bond donors (Lipinski definition) is 3. The zero-order valence-electron chi connectivity index (χ0n) is 14.2. The van der Waals surface area contributed by atoms with Crippen LogP contribution < -0.4 is 16.5 Å². The van der Waals surface area contributed by atoms with E-state index >= 15 is 0 Å². The van der Waals surface area contributed by atoms with Crippen molar-refractivity contribution in [2.75, 3.05) is 16.5 Å². The summed E-state index contributed by atoms with van der Waals surface area (Å²) in [6, 6.07) is 11.7. The van der Waals surface area contributed by atoms with E-state index in [2.05, 4.69) is 25.8 Å². The van der Waals surface area contributed by atoms with Gasteiger partial charge in [0, 0.05) is 17.6 Å². The van der Waals surface area contributed by atoms with Gasteiger partial charge in [0.2, 0.25) is 5.95 Å². The Morgan fingerprint density at radius 1 is 1.07 bits per heavy atom. The molecule has 0 unspecified atom stereocenters. The fourth-order valence-electron chi connectivity index (χ4n) is 2.20. The highest BCUT2D eigenvalue weighted by molar-refractivity contribution is 5.79. The number of benzene rings is 2. The number of nitrogens with one attached hydrogen (secondary N) is 2. The second-order valence-corrected chi connectivity index (χ2v) is 5.63. The highest BCUT2D eigenvalue weighted by Gasteiger charge is 2.35. The van der Waals surface area contributed by atoms with Crippen molar-refractivity contribution in [1.82, 2.24) is 9.97 Å². The van der Waals surface area contributed by atoms with Gasteiger partial charge in [0.1, 0.15) is 17.2 Å². The summed E-state index contributed by atoms with van der Waals surface area (Å²) in [6.45, 7) is 0. The highest BCUT2D eigenvalue weighted by Crippen LogP contribution is 2.35. The second kappa shape index (κ2) is 7.91. The molecule has 0 aliphatic carbocycles. The number of nitrogens with two attached hydrogens (primary N) is 1. The van der Waals surface area contributed by atoms with Gasteiger partial charge in [0.25, 0.3) is 0 Å². The maximum atomic E-state index is 13.2. The van der Waals surface area contributed by atoms with Crippen molar-refractivity contribution in [3.05, 3.63) is 71.7 Å². The van der Waals surface area contributed by atoms with Crippen LogP contribution in [0.2, 0.25) is 0 Å². The molecular formula is C18H14F4N6. The molecule has 0 radical (unpaired) electrons. The van der Waals surface area contributed by atoms with Gasteiger partial charge in [-0.3, -0.25) is 0 Å². The largest absolute Gasteiger partial charge is 0.421 e. The van der Waals surface area contributed by atoms with Gasteiger partial charge in [-0.1, -0.05) is 18.2 Å². The molecule has 0 saturated heterocycles. The summed E-state index contributed by atoms with van der Waals surface area (Å²) in [5.74, 6) is -1.00. The third-order valence-electron chi connectivity index (χ3n) is 3.49. The maximum absolute atomic E-state index is 13.2. The van der Waals surface area contributed by atoms with E-state index in [4.69, 9.17) is 5.73 Å². The fraction of sp³-hybridized carbons (Fsp3) is 0.0556. The second-order valence-electron chi connectivity index (χ2n) is 5.63. The zero-order valence-corrected chi connectivity index (χ0v) is 14.2. The predicted octanol–water partition coefficient (Wildman–Crippen LogP) is 4.41. The Hall–Kier alpha value is -3.69. The summed E-state index contributed by atoms with van der Waals surface area (Å²) in [5, 5.41) is 6.43. The number of hydrogen-bond acceptors (Lipinski definition) is 6. The topological polar surface area (TPSA) is 88.2 Å². The lowest BCUT2D eigenvalue weighted by Gasteiger charge is -2.14. The van der Waals surface area contributed by atoms with Crippen LogP contribution in [-0.4, -0.2) is 16.2 Å². The molecule has 4 N–H and O–H groups in total. The van der Waals surface area contributed by atoms with Gasteiger partial charge in [0.15, 0.2) is 0 Å². The molecule has 0 spiro atoms. The Morgan fingerprint density at radius 2 is 1.82 bits per heavy atom. The van der Waals surface area contributed by atoms with Crippen molar-refractivity contribution in [2.24, 2.45) is 5.10 Å². The molecule has 6 nitrogen and oxygen atoms in total. The van der Waals surface area contributed by atoms with Crippen LogP contribution in [0.4, 0.5) is 40.7 Å². The number of anilines is 4. The molecule has 2 aromatic carbocycles. The minimum absolute atomic E-state index is 0.155. The molecule has 0 amide bonds. The van der Waals surface area contributed by atoms with Crippen LogP contribution in [0, 0.1) is 5.82 Å². The number of rotatable bonds is 5. The van der Waals surface area contributed by atoms with Crippen molar-refractivity contribution >= 4 is 29.4 Å². The molecule has 0 fully saturated rings.